The summed E-state index contributed by atoms with van der Waals surface area (Å²) >= 11 is 1.63. The van der Waals surface area contributed by atoms with Crippen LogP contribution in [0.5, 0.6) is 0 Å². The maximum Gasteiger partial charge on any atom is 0.308 e. The normalized spacial score (nSPS) is 19.7. The molecule has 1 atom stereocenters. The highest BCUT2D eigenvalue weighted by Crippen LogP contribution is 2.27. The van der Waals surface area contributed by atoms with E-state index >= 15 is 0 Å². The van der Waals surface area contributed by atoms with Crippen molar-refractivity contribution in [3.05, 3.63) is 24.3 Å². The Morgan fingerprint density at radius 1 is 1.41 bits per heavy atom. The van der Waals surface area contributed by atoms with Crippen LogP contribution in [0, 0.1) is 5.92 Å². The molecule has 4 nitrogen and oxygen atoms in total. The van der Waals surface area contributed by atoms with Crippen LogP contribution < -0.4 is 4.90 Å². The van der Waals surface area contributed by atoms with Gasteiger partial charge in [-0.2, -0.15) is 0 Å². The lowest BCUT2D eigenvalue weighted by Gasteiger charge is -2.16. The maximum absolute atomic E-state index is 11.7. The molecular weight excluding hydrogens is 238 g/mol. The summed E-state index contributed by atoms with van der Waals surface area (Å²) < 4.78 is 0. The van der Waals surface area contributed by atoms with Crippen molar-refractivity contribution < 1.29 is 14.7 Å². The third kappa shape index (κ3) is 2.44. The van der Waals surface area contributed by atoms with Crippen LogP contribution in [0.1, 0.15) is 6.42 Å². The summed E-state index contributed by atoms with van der Waals surface area (Å²) in [5, 5.41) is 8.90. The zero-order chi connectivity index (χ0) is 12.4. The molecule has 90 valence electrons. The molecule has 0 bridgehead atoms. The van der Waals surface area contributed by atoms with Crippen LogP contribution in [0.15, 0.2) is 29.2 Å². The summed E-state index contributed by atoms with van der Waals surface area (Å²) in [5.41, 5.74) is 0.775. The van der Waals surface area contributed by atoms with E-state index in [1.807, 2.05) is 30.5 Å². The Kier molecular flexibility index (Phi) is 3.38. The van der Waals surface area contributed by atoms with Crippen LogP contribution in [0.25, 0.3) is 0 Å². The van der Waals surface area contributed by atoms with Crippen molar-refractivity contribution in [2.45, 2.75) is 11.3 Å². The molecule has 17 heavy (non-hydrogen) atoms. The Balaban J connectivity index is 2.17. The largest absolute Gasteiger partial charge is 0.481 e. The first-order valence-corrected chi connectivity index (χ1v) is 6.51. The van der Waals surface area contributed by atoms with Gasteiger partial charge in [0, 0.05) is 23.5 Å². The Bertz CT molecular complexity index is 444. The van der Waals surface area contributed by atoms with Crippen molar-refractivity contribution in [2.24, 2.45) is 5.92 Å². The van der Waals surface area contributed by atoms with E-state index in [-0.39, 0.29) is 18.9 Å². The second kappa shape index (κ2) is 4.79. The number of carbonyl (C=O) groups excluding carboxylic acids is 1. The number of carbonyl (C=O) groups is 2. The monoisotopic (exact) mass is 251 g/mol. The summed E-state index contributed by atoms with van der Waals surface area (Å²) in [5.74, 6) is -1.60. The van der Waals surface area contributed by atoms with E-state index in [9.17, 15) is 9.59 Å². The highest BCUT2D eigenvalue weighted by atomic mass is 32.2. The van der Waals surface area contributed by atoms with Gasteiger partial charge in [-0.3, -0.25) is 9.59 Å². The standard InChI is InChI=1S/C12H13NO3S/c1-17-10-4-2-9(3-5-10)13-7-8(12(15)16)6-11(13)14/h2-5,8H,6-7H2,1H3,(H,15,16)/t8-/m1/s1. The number of aliphatic carboxylic acids is 1. The molecule has 0 unspecified atom stereocenters. The predicted molar refractivity (Wildman–Crippen MR) is 66.3 cm³/mol. The second-order valence-corrected chi connectivity index (χ2v) is 4.82. The lowest BCUT2D eigenvalue weighted by atomic mass is 10.1. The number of nitrogens with zero attached hydrogens (tertiary/aromatic N) is 1. The molecule has 5 heteroatoms. The summed E-state index contributed by atoms with van der Waals surface area (Å²) in [6.07, 6.45) is 2.08. The minimum Gasteiger partial charge on any atom is -0.481 e. The minimum atomic E-state index is -0.901. The molecule has 0 radical (unpaired) electrons. The topological polar surface area (TPSA) is 57.6 Å². The van der Waals surface area contributed by atoms with Gasteiger partial charge in [0.15, 0.2) is 0 Å². The third-order valence-corrected chi connectivity index (χ3v) is 3.60. The van der Waals surface area contributed by atoms with E-state index in [1.54, 1.807) is 16.7 Å². The lowest BCUT2D eigenvalue weighted by Crippen LogP contribution is -2.25. The van der Waals surface area contributed by atoms with Crippen molar-refractivity contribution >= 4 is 29.3 Å². The van der Waals surface area contributed by atoms with Crippen LogP contribution in [-0.2, 0) is 9.59 Å². The van der Waals surface area contributed by atoms with Gasteiger partial charge in [-0.15, -0.1) is 11.8 Å². The van der Waals surface area contributed by atoms with Gasteiger partial charge in [0.05, 0.1) is 5.92 Å². The van der Waals surface area contributed by atoms with Crippen LogP contribution in [0.4, 0.5) is 5.69 Å². The summed E-state index contributed by atoms with van der Waals surface area (Å²) in [7, 11) is 0. The number of thioether (sulfide) groups is 1. The molecule has 1 heterocycles. The second-order valence-electron chi connectivity index (χ2n) is 3.94. The lowest BCUT2D eigenvalue weighted by molar-refractivity contribution is -0.141. The number of benzene rings is 1. The zero-order valence-corrected chi connectivity index (χ0v) is 10.2. The van der Waals surface area contributed by atoms with E-state index in [1.165, 1.54) is 0 Å². The molecule has 0 saturated carbocycles. The number of rotatable bonds is 3. The smallest absolute Gasteiger partial charge is 0.308 e. The van der Waals surface area contributed by atoms with Gasteiger partial charge >= 0.3 is 5.97 Å². The number of carboxylic acids is 1. The van der Waals surface area contributed by atoms with Crippen LogP contribution in [0.3, 0.4) is 0 Å². The highest BCUT2D eigenvalue weighted by Gasteiger charge is 2.34. The summed E-state index contributed by atoms with van der Waals surface area (Å²) in [6, 6.07) is 7.57. The predicted octanol–water partition coefficient (Wildman–Crippen LogP) is 1.85. The van der Waals surface area contributed by atoms with E-state index < -0.39 is 11.9 Å². The minimum absolute atomic E-state index is 0.0968. The van der Waals surface area contributed by atoms with Gasteiger partial charge < -0.3 is 10.0 Å². The van der Waals surface area contributed by atoms with Crippen LogP contribution >= 0.6 is 11.8 Å². The van der Waals surface area contributed by atoms with E-state index in [2.05, 4.69) is 0 Å². The molecule has 1 aliphatic heterocycles. The Morgan fingerprint density at radius 3 is 2.53 bits per heavy atom. The molecule has 1 saturated heterocycles. The van der Waals surface area contributed by atoms with Gasteiger partial charge in [0.2, 0.25) is 5.91 Å². The van der Waals surface area contributed by atoms with Gasteiger partial charge in [-0.05, 0) is 30.5 Å². The Morgan fingerprint density at radius 2 is 2.06 bits per heavy atom. The molecule has 1 fully saturated rings. The SMILES string of the molecule is CSc1ccc(N2C[C@H](C(=O)O)CC2=O)cc1. The molecule has 0 aliphatic carbocycles. The number of amides is 1. The first-order valence-electron chi connectivity index (χ1n) is 5.29. The fourth-order valence-electron chi connectivity index (χ4n) is 1.88. The number of anilines is 1. The van der Waals surface area contributed by atoms with Crippen molar-refractivity contribution in [1.82, 2.24) is 0 Å². The number of hydrogen-bond acceptors (Lipinski definition) is 3. The quantitative estimate of drug-likeness (QED) is 0.833. The van der Waals surface area contributed by atoms with Crippen molar-refractivity contribution in [2.75, 3.05) is 17.7 Å². The van der Waals surface area contributed by atoms with Gasteiger partial charge in [0.25, 0.3) is 0 Å². The van der Waals surface area contributed by atoms with Gasteiger partial charge in [0.1, 0.15) is 0 Å². The molecule has 1 N–H and O–H groups in total. The van der Waals surface area contributed by atoms with Crippen LogP contribution in [0.2, 0.25) is 0 Å². The van der Waals surface area contributed by atoms with Crippen molar-refractivity contribution in [3.63, 3.8) is 0 Å². The molecule has 1 aromatic rings. The molecule has 0 aromatic heterocycles. The molecule has 1 amide bonds. The third-order valence-electron chi connectivity index (χ3n) is 2.86. The van der Waals surface area contributed by atoms with Crippen molar-refractivity contribution in [3.8, 4) is 0 Å². The number of hydrogen-bond donors (Lipinski definition) is 1. The fraction of sp³-hybridized carbons (Fsp3) is 0.333. The highest BCUT2D eigenvalue weighted by molar-refractivity contribution is 7.98. The summed E-state index contributed by atoms with van der Waals surface area (Å²) in [6.45, 7) is 0.271. The maximum atomic E-state index is 11.7. The first-order chi connectivity index (χ1) is 8.11. The van der Waals surface area contributed by atoms with Crippen LogP contribution in [-0.4, -0.2) is 29.8 Å². The molecule has 2 rings (SSSR count). The number of carboxylic acid groups (broad SMARTS) is 1. The Hall–Kier alpha value is -1.49. The Labute approximate surface area is 104 Å². The molecule has 1 aliphatic rings. The van der Waals surface area contributed by atoms with Crippen molar-refractivity contribution in [1.29, 1.82) is 0 Å². The zero-order valence-electron chi connectivity index (χ0n) is 9.42. The van der Waals surface area contributed by atoms with Gasteiger partial charge in [-0.1, -0.05) is 0 Å². The molecular formula is C12H13NO3S. The van der Waals surface area contributed by atoms with E-state index in [0.29, 0.717) is 0 Å². The average molecular weight is 251 g/mol. The van der Waals surface area contributed by atoms with E-state index in [4.69, 9.17) is 5.11 Å². The molecule has 0 spiro atoms. The average Bonchev–Trinajstić information content (AvgIpc) is 2.72. The van der Waals surface area contributed by atoms with Gasteiger partial charge in [-0.25, -0.2) is 0 Å². The van der Waals surface area contributed by atoms with E-state index in [0.717, 1.165) is 10.6 Å². The first kappa shape index (κ1) is 12.0. The molecule has 1 aromatic carbocycles. The summed E-state index contributed by atoms with van der Waals surface area (Å²) in [4.78, 5) is 25.2. The fourth-order valence-corrected chi connectivity index (χ4v) is 2.29.